The topological polar surface area (TPSA) is 37.4 Å². The van der Waals surface area contributed by atoms with Crippen LogP contribution in [0.25, 0.3) is 0 Å². The van der Waals surface area contributed by atoms with Gasteiger partial charge in [-0.15, -0.1) is 0 Å². The predicted molar refractivity (Wildman–Crippen MR) is 48.8 cm³/mol. The van der Waals surface area contributed by atoms with Gasteiger partial charge < -0.3 is 0 Å². The fourth-order valence-electron chi connectivity index (χ4n) is 0.307. The van der Waals surface area contributed by atoms with E-state index in [1.54, 1.807) is 6.92 Å². The Morgan fingerprint density at radius 1 is 1.45 bits per heavy atom. The molecule has 0 N–H and O–H groups in total. The molecule has 68 valence electrons. The van der Waals surface area contributed by atoms with Crippen LogP contribution in [0.3, 0.4) is 0 Å². The first kappa shape index (κ1) is 13.3. The minimum Gasteiger partial charge on any atom is -0.208 e. The zero-order valence-corrected chi connectivity index (χ0v) is 8.48. The van der Waals surface area contributed by atoms with Crippen LogP contribution >= 0.6 is 0 Å². The SMILES string of the molecule is C=CS(=O)(=O)N(C)CC.CC. The van der Waals surface area contributed by atoms with E-state index in [0.29, 0.717) is 6.54 Å². The molecule has 0 rings (SSSR count). The molecule has 0 saturated carbocycles. The Morgan fingerprint density at radius 3 is 1.91 bits per heavy atom. The van der Waals surface area contributed by atoms with E-state index in [9.17, 15) is 8.42 Å². The lowest BCUT2D eigenvalue weighted by molar-refractivity contribution is 0.495. The van der Waals surface area contributed by atoms with Crippen LogP contribution in [-0.4, -0.2) is 26.3 Å². The van der Waals surface area contributed by atoms with Gasteiger partial charge in [0.05, 0.1) is 0 Å². The van der Waals surface area contributed by atoms with Crippen molar-refractivity contribution in [1.29, 1.82) is 0 Å². The van der Waals surface area contributed by atoms with Gasteiger partial charge in [0.1, 0.15) is 0 Å². The van der Waals surface area contributed by atoms with Gasteiger partial charge in [0.25, 0.3) is 0 Å². The highest BCUT2D eigenvalue weighted by Gasteiger charge is 2.08. The lowest BCUT2D eigenvalue weighted by Gasteiger charge is -2.09. The van der Waals surface area contributed by atoms with Crippen LogP contribution < -0.4 is 0 Å². The largest absolute Gasteiger partial charge is 0.235 e. The Bertz CT molecular complexity index is 185. The van der Waals surface area contributed by atoms with Gasteiger partial charge in [0.15, 0.2) is 0 Å². The van der Waals surface area contributed by atoms with E-state index in [-0.39, 0.29) is 0 Å². The van der Waals surface area contributed by atoms with Gasteiger partial charge in [0, 0.05) is 19.0 Å². The van der Waals surface area contributed by atoms with Crippen molar-refractivity contribution in [3.63, 3.8) is 0 Å². The van der Waals surface area contributed by atoms with Crippen LogP contribution in [0.1, 0.15) is 20.8 Å². The monoisotopic (exact) mass is 179 g/mol. The summed E-state index contributed by atoms with van der Waals surface area (Å²) in [7, 11) is -1.64. The minimum atomic E-state index is -3.15. The van der Waals surface area contributed by atoms with Crippen LogP contribution in [0.2, 0.25) is 0 Å². The average molecular weight is 179 g/mol. The molecule has 0 fully saturated rings. The summed E-state index contributed by atoms with van der Waals surface area (Å²) >= 11 is 0. The molecule has 0 aliphatic heterocycles. The zero-order chi connectivity index (χ0) is 9.49. The van der Waals surface area contributed by atoms with Crippen molar-refractivity contribution in [2.75, 3.05) is 13.6 Å². The summed E-state index contributed by atoms with van der Waals surface area (Å²) in [5, 5.41) is 0.941. The number of hydrogen-bond donors (Lipinski definition) is 0. The molecule has 0 aliphatic carbocycles. The molecule has 0 aromatic rings. The van der Waals surface area contributed by atoms with Crippen molar-refractivity contribution < 1.29 is 8.42 Å². The van der Waals surface area contributed by atoms with Crippen LogP contribution in [0, 0.1) is 0 Å². The molecule has 0 saturated heterocycles. The Morgan fingerprint density at radius 2 is 1.82 bits per heavy atom. The molecule has 0 radical (unpaired) electrons. The minimum absolute atomic E-state index is 0.481. The van der Waals surface area contributed by atoms with E-state index in [1.807, 2.05) is 13.8 Å². The first-order valence-electron chi connectivity index (χ1n) is 3.63. The molecule has 3 nitrogen and oxygen atoms in total. The Kier molecular flexibility index (Phi) is 7.67. The van der Waals surface area contributed by atoms with E-state index >= 15 is 0 Å². The molecule has 0 unspecified atom stereocenters. The highest BCUT2D eigenvalue weighted by Crippen LogP contribution is 1.95. The van der Waals surface area contributed by atoms with Crippen LogP contribution in [0.4, 0.5) is 0 Å². The molecule has 0 aromatic carbocycles. The Balaban J connectivity index is 0. The summed E-state index contributed by atoms with van der Waals surface area (Å²) in [6.07, 6.45) is 0. The van der Waals surface area contributed by atoms with Crippen molar-refractivity contribution in [2.24, 2.45) is 0 Å². The summed E-state index contributed by atoms with van der Waals surface area (Å²) in [6.45, 7) is 9.42. The predicted octanol–water partition coefficient (Wildman–Crippen LogP) is 1.44. The van der Waals surface area contributed by atoms with Crippen LogP contribution in [-0.2, 0) is 10.0 Å². The van der Waals surface area contributed by atoms with Gasteiger partial charge in [-0.1, -0.05) is 27.4 Å². The molecule has 0 aliphatic rings. The number of nitrogens with zero attached hydrogens (tertiary/aromatic N) is 1. The van der Waals surface area contributed by atoms with Gasteiger partial charge in [-0.25, -0.2) is 12.7 Å². The first-order chi connectivity index (χ1) is 5.04. The number of sulfonamides is 1. The molecule has 11 heavy (non-hydrogen) atoms. The van der Waals surface area contributed by atoms with Crippen molar-refractivity contribution >= 4 is 10.0 Å². The third-order valence-electron chi connectivity index (χ3n) is 1.09. The molecule has 0 spiro atoms. The fraction of sp³-hybridized carbons (Fsp3) is 0.714. The summed E-state index contributed by atoms with van der Waals surface area (Å²) in [4.78, 5) is 0. The van der Waals surface area contributed by atoms with E-state index in [4.69, 9.17) is 0 Å². The lowest BCUT2D eigenvalue weighted by Crippen LogP contribution is -2.23. The van der Waals surface area contributed by atoms with E-state index in [1.165, 1.54) is 11.4 Å². The van der Waals surface area contributed by atoms with Gasteiger partial charge in [-0.2, -0.15) is 0 Å². The van der Waals surface area contributed by atoms with E-state index in [2.05, 4.69) is 6.58 Å². The summed E-state index contributed by atoms with van der Waals surface area (Å²) in [6, 6.07) is 0. The first-order valence-corrected chi connectivity index (χ1v) is 5.13. The highest BCUT2D eigenvalue weighted by atomic mass is 32.2. The lowest BCUT2D eigenvalue weighted by atomic mass is 10.8. The van der Waals surface area contributed by atoms with Crippen molar-refractivity contribution in [3.8, 4) is 0 Å². The summed E-state index contributed by atoms with van der Waals surface area (Å²) in [5.41, 5.74) is 0. The Hall–Kier alpha value is -0.350. The van der Waals surface area contributed by atoms with Crippen LogP contribution in [0.5, 0.6) is 0 Å². The third-order valence-corrected chi connectivity index (χ3v) is 2.64. The van der Waals surface area contributed by atoms with Gasteiger partial charge in [-0.3, -0.25) is 0 Å². The van der Waals surface area contributed by atoms with E-state index in [0.717, 1.165) is 5.41 Å². The summed E-state index contributed by atoms with van der Waals surface area (Å²) in [5.74, 6) is 0. The summed E-state index contributed by atoms with van der Waals surface area (Å²) < 4.78 is 22.7. The Labute approximate surface area is 69.8 Å². The molecule has 0 atom stereocenters. The molecular weight excluding hydrogens is 162 g/mol. The average Bonchev–Trinajstić information content (AvgIpc) is 2.06. The standard InChI is InChI=1S/C5H11NO2S.C2H6/c1-4-6(3)9(7,8)5-2;1-2/h5H,2,4H2,1,3H3;1-2H3. The van der Waals surface area contributed by atoms with Crippen molar-refractivity contribution in [1.82, 2.24) is 4.31 Å². The number of rotatable bonds is 3. The van der Waals surface area contributed by atoms with Gasteiger partial charge in [0.2, 0.25) is 10.0 Å². The van der Waals surface area contributed by atoms with Gasteiger partial charge in [-0.05, 0) is 0 Å². The molecular formula is C7H17NO2S. The third kappa shape index (κ3) is 4.98. The number of hydrogen-bond acceptors (Lipinski definition) is 2. The van der Waals surface area contributed by atoms with Crippen LogP contribution in [0.15, 0.2) is 12.0 Å². The highest BCUT2D eigenvalue weighted by molar-refractivity contribution is 7.91. The second-order valence-electron chi connectivity index (χ2n) is 1.63. The maximum Gasteiger partial charge on any atom is 0.235 e. The van der Waals surface area contributed by atoms with Crippen molar-refractivity contribution in [3.05, 3.63) is 12.0 Å². The smallest absolute Gasteiger partial charge is 0.208 e. The van der Waals surface area contributed by atoms with E-state index < -0.39 is 10.0 Å². The quantitative estimate of drug-likeness (QED) is 0.657. The maximum absolute atomic E-state index is 10.7. The second-order valence-corrected chi connectivity index (χ2v) is 3.61. The molecule has 0 bridgehead atoms. The molecule has 4 heteroatoms. The molecule has 0 aromatic heterocycles. The van der Waals surface area contributed by atoms with Crippen molar-refractivity contribution in [2.45, 2.75) is 20.8 Å². The molecule has 0 heterocycles. The fourth-order valence-corrected chi connectivity index (χ4v) is 0.922. The van der Waals surface area contributed by atoms with Gasteiger partial charge >= 0.3 is 0 Å². The maximum atomic E-state index is 10.7. The second kappa shape index (κ2) is 6.37. The normalized spacial score (nSPS) is 10.3. The zero-order valence-electron chi connectivity index (χ0n) is 7.66. The molecule has 0 amide bonds.